The van der Waals surface area contributed by atoms with Gasteiger partial charge in [0.2, 0.25) is 0 Å². The summed E-state index contributed by atoms with van der Waals surface area (Å²) in [5.41, 5.74) is 0.290. The second-order valence-electron chi connectivity index (χ2n) is 3.74. The number of urea groups is 1. The summed E-state index contributed by atoms with van der Waals surface area (Å²) >= 11 is 5.59. The standard InChI is InChI=1S/C10H11ClF3N3O2/c1-17(5-7(18)10(12,13)14)9(19)16-6-2-3-15-8(11)4-6/h2-4,7,18H,5H2,1H3,(H,15,16,19). The van der Waals surface area contributed by atoms with E-state index < -0.39 is 24.9 Å². The molecule has 0 aromatic carbocycles. The van der Waals surface area contributed by atoms with Gasteiger partial charge in [-0.25, -0.2) is 9.78 Å². The van der Waals surface area contributed by atoms with E-state index >= 15 is 0 Å². The average molecular weight is 298 g/mol. The Morgan fingerprint density at radius 1 is 1.63 bits per heavy atom. The van der Waals surface area contributed by atoms with Crippen molar-refractivity contribution in [3.8, 4) is 0 Å². The highest BCUT2D eigenvalue weighted by atomic mass is 35.5. The van der Waals surface area contributed by atoms with Crippen LogP contribution >= 0.6 is 11.6 Å². The van der Waals surface area contributed by atoms with Gasteiger partial charge in [-0.05, 0) is 12.1 Å². The normalized spacial score (nSPS) is 12.9. The van der Waals surface area contributed by atoms with E-state index in [0.717, 1.165) is 7.05 Å². The summed E-state index contributed by atoms with van der Waals surface area (Å²) in [7, 11) is 1.13. The first-order chi connectivity index (χ1) is 8.70. The van der Waals surface area contributed by atoms with Gasteiger partial charge in [0, 0.05) is 18.9 Å². The van der Waals surface area contributed by atoms with Gasteiger partial charge in [-0.1, -0.05) is 11.6 Å². The molecule has 2 N–H and O–H groups in total. The number of hydrogen-bond acceptors (Lipinski definition) is 3. The van der Waals surface area contributed by atoms with Crippen molar-refractivity contribution in [1.29, 1.82) is 0 Å². The molecule has 1 unspecified atom stereocenters. The third-order valence-electron chi connectivity index (χ3n) is 2.15. The predicted octanol–water partition coefficient (Wildman–Crippen LogP) is 2.12. The monoisotopic (exact) mass is 297 g/mol. The maximum absolute atomic E-state index is 12.1. The van der Waals surface area contributed by atoms with Gasteiger partial charge >= 0.3 is 12.2 Å². The van der Waals surface area contributed by atoms with Crippen LogP contribution in [0.2, 0.25) is 5.15 Å². The van der Waals surface area contributed by atoms with Crippen molar-refractivity contribution < 1.29 is 23.1 Å². The van der Waals surface area contributed by atoms with Crippen LogP contribution < -0.4 is 5.32 Å². The van der Waals surface area contributed by atoms with Gasteiger partial charge < -0.3 is 15.3 Å². The lowest BCUT2D eigenvalue weighted by Gasteiger charge is -2.22. The van der Waals surface area contributed by atoms with Crippen molar-refractivity contribution in [3.05, 3.63) is 23.5 Å². The Hall–Kier alpha value is -1.54. The molecule has 1 aromatic heterocycles. The third kappa shape index (κ3) is 4.92. The van der Waals surface area contributed by atoms with Crippen LogP contribution in [0.5, 0.6) is 0 Å². The zero-order chi connectivity index (χ0) is 14.6. The van der Waals surface area contributed by atoms with Crippen LogP contribution in [-0.2, 0) is 0 Å². The molecule has 0 saturated carbocycles. The molecule has 1 atom stereocenters. The van der Waals surface area contributed by atoms with E-state index in [-0.39, 0.29) is 5.15 Å². The first kappa shape index (κ1) is 15.5. The van der Waals surface area contributed by atoms with Crippen molar-refractivity contribution in [1.82, 2.24) is 9.88 Å². The van der Waals surface area contributed by atoms with Gasteiger partial charge in [0.15, 0.2) is 6.10 Å². The van der Waals surface area contributed by atoms with Crippen molar-refractivity contribution in [2.75, 3.05) is 18.9 Å². The fraction of sp³-hybridized carbons (Fsp3) is 0.400. The number of rotatable bonds is 3. The summed E-state index contributed by atoms with van der Waals surface area (Å²) in [6.45, 7) is -0.867. The number of likely N-dealkylation sites (N-methyl/N-ethyl adjacent to an activating group) is 1. The molecule has 0 aliphatic rings. The van der Waals surface area contributed by atoms with Crippen LogP contribution in [0.15, 0.2) is 18.3 Å². The lowest BCUT2D eigenvalue weighted by molar-refractivity contribution is -0.205. The highest BCUT2D eigenvalue weighted by Crippen LogP contribution is 2.20. The SMILES string of the molecule is CN(CC(O)C(F)(F)F)C(=O)Nc1ccnc(Cl)c1. The minimum absolute atomic E-state index is 0.135. The second kappa shape index (κ2) is 6.07. The number of carbonyl (C=O) groups excluding carboxylic acids is 1. The van der Waals surface area contributed by atoms with E-state index in [4.69, 9.17) is 16.7 Å². The van der Waals surface area contributed by atoms with Gasteiger partial charge in [0.25, 0.3) is 0 Å². The maximum atomic E-state index is 12.1. The van der Waals surface area contributed by atoms with Crippen molar-refractivity contribution in [2.24, 2.45) is 0 Å². The smallest absolute Gasteiger partial charge is 0.382 e. The molecular formula is C10H11ClF3N3O2. The van der Waals surface area contributed by atoms with Crippen molar-refractivity contribution >= 4 is 23.3 Å². The van der Waals surface area contributed by atoms with Crippen LogP contribution in [-0.4, -0.2) is 46.9 Å². The molecule has 0 aliphatic carbocycles. The second-order valence-corrected chi connectivity index (χ2v) is 4.12. The molecule has 0 fully saturated rings. The largest absolute Gasteiger partial charge is 0.416 e. The minimum Gasteiger partial charge on any atom is -0.382 e. The molecule has 1 rings (SSSR count). The highest BCUT2D eigenvalue weighted by Gasteiger charge is 2.39. The quantitative estimate of drug-likeness (QED) is 0.840. The topological polar surface area (TPSA) is 65.5 Å². The summed E-state index contributed by atoms with van der Waals surface area (Å²) in [5.74, 6) is 0. The molecule has 1 aromatic rings. The summed E-state index contributed by atoms with van der Waals surface area (Å²) < 4.78 is 36.4. The first-order valence-electron chi connectivity index (χ1n) is 5.08. The van der Waals surface area contributed by atoms with Gasteiger partial charge in [0.1, 0.15) is 5.15 Å². The molecule has 106 valence electrons. The van der Waals surface area contributed by atoms with Gasteiger partial charge in [-0.2, -0.15) is 13.2 Å². The van der Waals surface area contributed by atoms with E-state index in [1.54, 1.807) is 0 Å². The minimum atomic E-state index is -4.77. The molecule has 1 heterocycles. The van der Waals surface area contributed by atoms with Gasteiger partial charge in [0.05, 0.1) is 6.54 Å². The number of aliphatic hydroxyl groups excluding tert-OH is 1. The first-order valence-corrected chi connectivity index (χ1v) is 5.46. The Bertz CT molecular complexity index is 456. The Morgan fingerprint density at radius 3 is 2.79 bits per heavy atom. The van der Waals surface area contributed by atoms with Gasteiger partial charge in [-0.15, -0.1) is 0 Å². The van der Waals surface area contributed by atoms with E-state index in [0.29, 0.717) is 10.6 Å². The Kier molecular flexibility index (Phi) is 4.96. The van der Waals surface area contributed by atoms with Crippen LogP contribution in [0.1, 0.15) is 0 Å². The number of amides is 2. The Labute approximate surface area is 112 Å². The van der Waals surface area contributed by atoms with E-state index in [9.17, 15) is 18.0 Å². The number of nitrogens with zero attached hydrogens (tertiary/aromatic N) is 2. The molecule has 19 heavy (non-hydrogen) atoms. The number of aromatic nitrogens is 1. The number of alkyl halides is 3. The molecule has 0 radical (unpaired) electrons. The van der Waals surface area contributed by atoms with E-state index in [1.165, 1.54) is 18.3 Å². The molecule has 5 nitrogen and oxygen atoms in total. The van der Waals surface area contributed by atoms with E-state index in [2.05, 4.69) is 10.3 Å². The number of hydrogen-bond donors (Lipinski definition) is 2. The number of anilines is 1. The lowest BCUT2D eigenvalue weighted by Crippen LogP contribution is -2.43. The molecule has 0 bridgehead atoms. The molecule has 2 amide bonds. The summed E-state index contributed by atoms with van der Waals surface area (Å²) in [4.78, 5) is 16.0. The molecular weight excluding hydrogens is 287 g/mol. The summed E-state index contributed by atoms with van der Waals surface area (Å²) in [5, 5.41) is 11.3. The summed E-state index contributed by atoms with van der Waals surface area (Å²) in [6.07, 6.45) is -6.03. The van der Waals surface area contributed by atoms with Crippen LogP contribution in [0.3, 0.4) is 0 Å². The van der Waals surface area contributed by atoms with Crippen molar-refractivity contribution in [2.45, 2.75) is 12.3 Å². The number of halogens is 4. The van der Waals surface area contributed by atoms with Crippen LogP contribution in [0.25, 0.3) is 0 Å². The Balaban J connectivity index is 2.58. The zero-order valence-electron chi connectivity index (χ0n) is 9.78. The molecule has 0 aliphatic heterocycles. The fourth-order valence-corrected chi connectivity index (χ4v) is 1.32. The molecule has 0 spiro atoms. The maximum Gasteiger partial charge on any atom is 0.416 e. The van der Waals surface area contributed by atoms with Crippen molar-refractivity contribution in [3.63, 3.8) is 0 Å². The Morgan fingerprint density at radius 2 is 2.26 bits per heavy atom. The van der Waals surface area contributed by atoms with Gasteiger partial charge in [-0.3, -0.25) is 0 Å². The number of aliphatic hydroxyl groups is 1. The highest BCUT2D eigenvalue weighted by molar-refractivity contribution is 6.29. The summed E-state index contributed by atoms with van der Waals surface area (Å²) in [6, 6.07) is 1.97. The average Bonchev–Trinajstić information content (AvgIpc) is 2.27. The predicted molar refractivity (Wildman–Crippen MR) is 63.0 cm³/mol. The number of carbonyl (C=O) groups is 1. The number of pyridine rings is 1. The molecule has 0 saturated heterocycles. The molecule has 9 heteroatoms. The van der Waals surface area contributed by atoms with Crippen LogP contribution in [0, 0.1) is 0 Å². The van der Waals surface area contributed by atoms with Crippen LogP contribution in [0.4, 0.5) is 23.7 Å². The zero-order valence-corrected chi connectivity index (χ0v) is 10.5. The third-order valence-corrected chi connectivity index (χ3v) is 2.36. The number of nitrogens with one attached hydrogen (secondary N) is 1. The lowest BCUT2D eigenvalue weighted by atomic mass is 10.3. The van der Waals surface area contributed by atoms with E-state index in [1.807, 2.05) is 0 Å². The fourth-order valence-electron chi connectivity index (χ4n) is 1.14.